The zero-order valence-corrected chi connectivity index (χ0v) is 11.5. The summed E-state index contributed by atoms with van der Waals surface area (Å²) in [6.45, 7) is 5.76. The van der Waals surface area contributed by atoms with E-state index in [-0.39, 0.29) is 5.82 Å². The number of benzene rings is 1. The van der Waals surface area contributed by atoms with Crippen LogP contribution in [0.25, 0.3) is 11.0 Å². The molecule has 0 amide bonds. The van der Waals surface area contributed by atoms with Gasteiger partial charge in [0.2, 0.25) is 0 Å². The van der Waals surface area contributed by atoms with E-state index in [0.29, 0.717) is 16.6 Å². The molecule has 1 heterocycles. The number of furan rings is 1. The summed E-state index contributed by atoms with van der Waals surface area (Å²) in [5.41, 5.74) is 1.68. The normalized spacial score (nSPS) is 11.3. The summed E-state index contributed by atoms with van der Waals surface area (Å²) in [5.74, 6) is 0.588. The third-order valence-corrected chi connectivity index (χ3v) is 3.40. The van der Waals surface area contributed by atoms with Crippen LogP contribution in [0.4, 0.5) is 4.39 Å². The quantitative estimate of drug-likeness (QED) is 0.858. The molecule has 17 heavy (non-hydrogen) atoms. The monoisotopic (exact) mass is 299 g/mol. The van der Waals surface area contributed by atoms with Gasteiger partial charge in [-0.2, -0.15) is 0 Å². The molecule has 92 valence electrons. The van der Waals surface area contributed by atoms with Crippen LogP contribution in [-0.4, -0.2) is 6.54 Å². The van der Waals surface area contributed by atoms with Crippen LogP contribution in [0.5, 0.6) is 0 Å². The van der Waals surface area contributed by atoms with Crippen molar-refractivity contribution in [1.29, 1.82) is 0 Å². The van der Waals surface area contributed by atoms with Crippen LogP contribution >= 0.6 is 15.9 Å². The van der Waals surface area contributed by atoms with Gasteiger partial charge in [0.25, 0.3) is 0 Å². The first kappa shape index (κ1) is 12.6. The van der Waals surface area contributed by atoms with Gasteiger partial charge in [0.1, 0.15) is 17.2 Å². The molecule has 0 saturated heterocycles. The van der Waals surface area contributed by atoms with Crippen molar-refractivity contribution in [3.63, 3.8) is 0 Å². The van der Waals surface area contributed by atoms with Crippen LogP contribution in [0.1, 0.15) is 24.7 Å². The SMILES string of the molecule is CCCNCc1oc2cc(F)c(Br)cc2c1C. The van der Waals surface area contributed by atoms with E-state index >= 15 is 0 Å². The first-order chi connectivity index (χ1) is 8.13. The first-order valence-electron chi connectivity index (χ1n) is 5.71. The predicted molar refractivity (Wildman–Crippen MR) is 70.6 cm³/mol. The van der Waals surface area contributed by atoms with Gasteiger partial charge >= 0.3 is 0 Å². The molecule has 0 fully saturated rings. The van der Waals surface area contributed by atoms with Gasteiger partial charge in [0.15, 0.2) is 0 Å². The highest BCUT2D eigenvalue weighted by Gasteiger charge is 2.12. The Balaban J connectivity index is 2.35. The first-order valence-corrected chi connectivity index (χ1v) is 6.50. The van der Waals surface area contributed by atoms with Gasteiger partial charge in [-0.15, -0.1) is 0 Å². The highest BCUT2D eigenvalue weighted by Crippen LogP contribution is 2.29. The van der Waals surface area contributed by atoms with Crippen molar-refractivity contribution in [2.75, 3.05) is 6.54 Å². The topological polar surface area (TPSA) is 25.2 Å². The predicted octanol–water partition coefficient (Wildman–Crippen LogP) is 4.14. The molecule has 0 unspecified atom stereocenters. The average molecular weight is 300 g/mol. The Morgan fingerprint density at radius 1 is 1.41 bits per heavy atom. The van der Waals surface area contributed by atoms with Gasteiger partial charge in [-0.1, -0.05) is 6.92 Å². The molecule has 0 aliphatic rings. The molecule has 1 aromatic heterocycles. The summed E-state index contributed by atoms with van der Waals surface area (Å²) < 4.78 is 19.5. The van der Waals surface area contributed by atoms with E-state index in [1.54, 1.807) is 6.07 Å². The number of hydrogen-bond acceptors (Lipinski definition) is 2. The molecule has 0 radical (unpaired) electrons. The number of aryl methyl sites for hydroxylation is 1. The number of halogens is 2. The molecule has 0 saturated carbocycles. The van der Waals surface area contributed by atoms with Gasteiger partial charge < -0.3 is 9.73 Å². The lowest BCUT2D eigenvalue weighted by molar-refractivity contribution is 0.508. The summed E-state index contributed by atoms with van der Waals surface area (Å²) >= 11 is 3.19. The highest BCUT2D eigenvalue weighted by atomic mass is 79.9. The Kier molecular flexibility index (Phi) is 3.84. The van der Waals surface area contributed by atoms with Gasteiger partial charge in [0, 0.05) is 11.5 Å². The lowest BCUT2D eigenvalue weighted by Crippen LogP contribution is -2.13. The average Bonchev–Trinajstić information content (AvgIpc) is 2.58. The van der Waals surface area contributed by atoms with Crippen molar-refractivity contribution < 1.29 is 8.81 Å². The Morgan fingerprint density at radius 3 is 2.88 bits per heavy atom. The molecular formula is C13H15BrFNO. The second-order valence-corrected chi connectivity index (χ2v) is 4.94. The minimum absolute atomic E-state index is 0.292. The molecule has 0 bridgehead atoms. The summed E-state index contributed by atoms with van der Waals surface area (Å²) in [7, 11) is 0. The summed E-state index contributed by atoms with van der Waals surface area (Å²) in [6.07, 6.45) is 1.08. The summed E-state index contributed by atoms with van der Waals surface area (Å²) in [4.78, 5) is 0. The molecule has 2 rings (SSSR count). The second kappa shape index (κ2) is 5.19. The van der Waals surface area contributed by atoms with E-state index < -0.39 is 0 Å². The van der Waals surface area contributed by atoms with Crippen molar-refractivity contribution in [1.82, 2.24) is 5.32 Å². The van der Waals surface area contributed by atoms with E-state index in [4.69, 9.17) is 4.42 Å². The molecule has 0 atom stereocenters. The number of rotatable bonds is 4. The van der Waals surface area contributed by atoms with Crippen LogP contribution in [-0.2, 0) is 6.54 Å². The minimum atomic E-state index is -0.292. The fourth-order valence-corrected chi connectivity index (χ4v) is 2.16. The van der Waals surface area contributed by atoms with Gasteiger partial charge in [-0.05, 0) is 47.4 Å². The fraction of sp³-hybridized carbons (Fsp3) is 0.385. The molecule has 2 aromatic rings. The maximum Gasteiger partial charge on any atom is 0.141 e. The third kappa shape index (κ3) is 2.53. The molecule has 0 aliphatic heterocycles. The van der Waals surface area contributed by atoms with E-state index in [1.165, 1.54) is 6.07 Å². The Morgan fingerprint density at radius 2 is 2.18 bits per heavy atom. The van der Waals surface area contributed by atoms with Gasteiger partial charge in [-0.25, -0.2) is 4.39 Å². The van der Waals surface area contributed by atoms with E-state index in [9.17, 15) is 4.39 Å². The van der Waals surface area contributed by atoms with Crippen molar-refractivity contribution in [3.05, 3.63) is 33.7 Å². The third-order valence-electron chi connectivity index (χ3n) is 2.79. The fourth-order valence-electron chi connectivity index (χ4n) is 1.81. The summed E-state index contributed by atoms with van der Waals surface area (Å²) in [6, 6.07) is 3.20. The zero-order valence-electron chi connectivity index (χ0n) is 9.94. The van der Waals surface area contributed by atoms with E-state index in [2.05, 4.69) is 28.2 Å². The second-order valence-electron chi connectivity index (χ2n) is 4.09. The van der Waals surface area contributed by atoms with Crippen molar-refractivity contribution >= 4 is 26.9 Å². The smallest absolute Gasteiger partial charge is 0.141 e. The molecule has 0 aliphatic carbocycles. The van der Waals surface area contributed by atoms with Gasteiger partial charge in [0.05, 0.1) is 11.0 Å². The maximum absolute atomic E-state index is 13.4. The van der Waals surface area contributed by atoms with Crippen molar-refractivity contribution in [3.8, 4) is 0 Å². The van der Waals surface area contributed by atoms with Crippen molar-refractivity contribution in [2.24, 2.45) is 0 Å². The highest BCUT2D eigenvalue weighted by molar-refractivity contribution is 9.10. The molecule has 2 nitrogen and oxygen atoms in total. The van der Waals surface area contributed by atoms with Crippen LogP contribution in [0.2, 0.25) is 0 Å². The molecular weight excluding hydrogens is 285 g/mol. The Hall–Kier alpha value is -0.870. The van der Waals surface area contributed by atoms with Crippen LogP contribution in [0.15, 0.2) is 21.0 Å². The lowest BCUT2D eigenvalue weighted by Gasteiger charge is -2.00. The molecule has 1 aromatic carbocycles. The summed E-state index contributed by atoms with van der Waals surface area (Å²) in [5, 5.41) is 4.25. The lowest BCUT2D eigenvalue weighted by atomic mass is 10.1. The van der Waals surface area contributed by atoms with Crippen LogP contribution in [0, 0.1) is 12.7 Å². The largest absolute Gasteiger partial charge is 0.459 e. The van der Waals surface area contributed by atoms with E-state index in [0.717, 1.165) is 29.7 Å². The molecule has 0 spiro atoms. The zero-order chi connectivity index (χ0) is 12.4. The maximum atomic E-state index is 13.4. The number of nitrogens with one attached hydrogen (secondary N) is 1. The Bertz CT molecular complexity index is 536. The van der Waals surface area contributed by atoms with Crippen LogP contribution in [0.3, 0.4) is 0 Å². The van der Waals surface area contributed by atoms with E-state index in [1.807, 2.05) is 6.92 Å². The van der Waals surface area contributed by atoms with Crippen LogP contribution < -0.4 is 5.32 Å². The standard InChI is InChI=1S/C13H15BrFNO/c1-3-4-16-7-13-8(2)9-5-10(14)11(15)6-12(9)17-13/h5-6,16H,3-4,7H2,1-2H3. The van der Waals surface area contributed by atoms with Gasteiger partial charge in [-0.3, -0.25) is 0 Å². The van der Waals surface area contributed by atoms with Crippen molar-refractivity contribution in [2.45, 2.75) is 26.8 Å². The Labute approximate surface area is 108 Å². The molecule has 4 heteroatoms. The minimum Gasteiger partial charge on any atom is -0.459 e. The molecule has 1 N–H and O–H groups in total. The number of fused-ring (bicyclic) bond motifs is 1. The number of hydrogen-bond donors (Lipinski definition) is 1.